The molecule has 0 unspecified atom stereocenters. The lowest BCUT2D eigenvalue weighted by Crippen LogP contribution is -2.33. The molecule has 2 rings (SSSR count). The molecular formula is C17H21N3S. The summed E-state index contributed by atoms with van der Waals surface area (Å²) in [5, 5.41) is 7.20. The number of aromatic nitrogens is 1. The van der Waals surface area contributed by atoms with Crippen molar-refractivity contribution in [1.82, 2.24) is 10.3 Å². The van der Waals surface area contributed by atoms with Gasteiger partial charge in [0, 0.05) is 6.20 Å². The molecule has 0 aliphatic heterocycles. The van der Waals surface area contributed by atoms with Gasteiger partial charge in [-0.3, -0.25) is 4.98 Å². The van der Waals surface area contributed by atoms with Gasteiger partial charge in [-0.15, -0.1) is 0 Å². The summed E-state index contributed by atoms with van der Waals surface area (Å²) in [4.78, 5) is 4.07. The lowest BCUT2D eigenvalue weighted by atomic mass is 9.97. The maximum atomic E-state index is 5.42. The van der Waals surface area contributed by atoms with E-state index in [0.29, 0.717) is 11.0 Å². The van der Waals surface area contributed by atoms with Crippen molar-refractivity contribution >= 4 is 23.0 Å². The molecule has 110 valence electrons. The highest BCUT2D eigenvalue weighted by Crippen LogP contribution is 2.21. The summed E-state index contributed by atoms with van der Waals surface area (Å²) in [5.74, 6) is 0.587. The van der Waals surface area contributed by atoms with Gasteiger partial charge >= 0.3 is 0 Å². The second kappa shape index (κ2) is 7.74. The first-order valence-corrected chi connectivity index (χ1v) is 7.58. The lowest BCUT2D eigenvalue weighted by Gasteiger charge is -2.23. The fourth-order valence-corrected chi connectivity index (χ4v) is 2.46. The number of hydrogen-bond acceptors (Lipinski definition) is 2. The van der Waals surface area contributed by atoms with Crippen LogP contribution < -0.4 is 10.6 Å². The maximum Gasteiger partial charge on any atom is 0.171 e. The molecule has 0 bridgehead atoms. The van der Waals surface area contributed by atoms with Crippen LogP contribution in [0, 0.1) is 5.92 Å². The Bertz CT molecular complexity index is 555. The van der Waals surface area contributed by atoms with E-state index in [2.05, 4.69) is 53.7 Å². The zero-order chi connectivity index (χ0) is 15.1. The summed E-state index contributed by atoms with van der Waals surface area (Å²) in [7, 11) is 0. The van der Waals surface area contributed by atoms with E-state index >= 15 is 0 Å². The molecule has 1 aromatic carbocycles. The number of hydrogen-bond donors (Lipinski definition) is 2. The number of anilines is 1. The van der Waals surface area contributed by atoms with E-state index in [9.17, 15) is 0 Å². The van der Waals surface area contributed by atoms with Gasteiger partial charge in [-0.1, -0.05) is 44.2 Å². The van der Waals surface area contributed by atoms with Gasteiger partial charge in [-0.25, -0.2) is 0 Å². The van der Waals surface area contributed by atoms with Crippen molar-refractivity contribution < 1.29 is 0 Å². The molecule has 0 saturated carbocycles. The van der Waals surface area contributed by atoms with Gasteiger partial charge in [0.2, 0.25) is 0 Å². The van der Waals surface area contributed by atoms with Crippen molar-refractivity contribution in [1.29, 1.82) is 0 Å². The largest absolute Gasteiger partial charge is 0.356 e. The molecule has 1 atom stereocenters. The molecule has 4 heteroatoms. The number of pyridine rings is 1. The highest BCUT2D eigenvalue weighted by atomic mass is 32.1. The first kappa shape index (κ1) is 15.4. The Balaban J connectivity index is 2.03. The number of nitrogens with one attached hydrogen (secondary N) is 2. The minimum atomic E-state index is 0.211. The van der Waals surface area contributed by atoms with Gasteiger partial charge in [0.25, 0.3) is 0 Å². The fourth-order valence-electron chi connectivity index (χ4n) is 2.20. The lowest BCUT2D eigenvalue weighted by molar-refractivity contribution is 0.481. The summed E-state index contributed by atoms with van der Waals surface area (Å²) in [6.45, 7) is 4.43. The van der Waals surface area contributed by atoms with Crippen LogP contribution in [0.15, 0.2) is 54.9 Å². The molecule has 0 spiro atoms. The molecule has 2 N–H and O–H groups in total. The number of benzene rings is 1. The Labute approximate surface area is 131 Å². The molecule has 0 aliphatic carbocycles. The average Bonchev–Trinajstić information content (AvgIpc) is 2.48. The predicted molar refractivity (Wildman–Crippen MR) is 92.2 cm³/mol. The van der Waals surface area contributed by atoms with Gasteiger partial charge in [-0.2, -0.15) is 0 Å². The average molecular weight is 299 g/mol. The Hall–Kier alpha value is -1.94. The molecule has 0 amide bonds. The predicted octanol–water partition coefficient (Wildman–Crippen LogP) is 4.16. The molecule has 3 nitrogen and oxygen atoms in total. The van der Waals surface area contributed by atoms with Gasteiger partial charge in [0.15, 0.2) is 5.11 Å². The quantitative estimate of drug-likeness (QED) is 0.813. The summed E-state index contributed by atoms with van der Waals surface area (Å²) >= 11 is 5.42. The second-order valence-electron chi connectivity index (χ2n) is 5.43. The van der Waals surface area contributed by atoms with Gasteiger partial charge in [0.1, 0.15) is 0 Å². The topological polar surface area (TPSA) is 37.0 Å². The van der Waals surface area contributed by atoms with E-state index in [1.54, 1.807) is 12.4 Å². The van der Waals surface area contributed by atoms with E-state index in [0.717, 1.165) is 12.1 Å². The molecule has 21 heavy (non-hydrogen) atoms. The van der Waals surface area contributed by atoms with Crippen molar-refractivity contribution in [2.24, 2.45) is 5.92 Å². The Morgan fingerprint density at radius 1 is 1.14 bits per heavy atom. The van der Waals surface area contributed by atoms with Crippen molar-refractivity contribution in [2.75, 3.05) is 5.32 Å². The molecule has 2 aromatic rings. The van der Waals surface area contributed by atoms with Crippen LogP contribution in [0.3, 0.4) is 0 Å². The van der Waals surface area contributed by atoms with Crippen LogP contribution in [-0.2, 0) is 0 Å². The van der Waals surface area contributed by atoms with E-state index < -0.39 is 0 Å². The van der Waals surface area contributed by atoms with Crippen molar-refractivity contribution in [3.05, 3.63) is 60.4 Å². The first-order valence-electron chi connectivity index (χ1n) is 7.17. The van der Waals surface area contributed by atoms with Gasteiger partial charge in [-0.05, 0) is 42.3 Å². The number of rotatable bonds is 5. The molecule has 1 heterocycles. The Morgan fingerprint density at radius 2 is 1.90 bits per heavy atom. The van der Waals surface area contributed by atoms with Gasteiger partial charge < -0.3 is 10.6 Å². The second-order valence-corrected chi connectivity index (χ2v) is 5.84. The summed E-state index contributed by atoms with van der Waals surface area (Å²) in [6.07, 6.45) is 4.53. The van der Waals surface area contributed by atoms with Crippen LogP contribution in [0.5, 0.6) is 0 Å². The summed E-state index contributed by atoms with van der Waals surface area (Å²) < 4.78 is 0. The van der Waals surface area contributed by atoms with E-state index in [-0.39, 0.29) is 6.04 Å². The Morgan fingerprint density at radius 3 is 2.52 bits per heavy atom. The molecule has 0 fully saturated rings. The third-order valence-electron chi connectivity index (χ3n) is 3.13. The normalized spacial score (nSPS) is 12.0. The SMILES string of the molecule is CC(C)C[C@@H](NC(=S)Nc1cccnc1)c1ccccc1. The zero-order valence-electron chi connectivity index (χ0n) is 12.4. The van der Waals surface area contributed by atoms with E-state index in [4.69, 9.17) is 12.2 Å². The Kier molecular flexibility index (Phi) is 5.69. The smallest absolute Gasteiger partial charge is 0.171 e. The molecule has 1 aromatic heterocycles. The maximum absolute atomic E-state index is 5.42. The third kappa shape index (κ3) is 5.16. The van der Waals surface area contributed by atoms with Crippen LogP contribution in [0.25, 0.3) is 0 Å². The van der Waals surface area contributed by atoms with Crippen LogP contribution in [0.4, 0.5) is 5.69 Å². The van der Waals surface area contributed by atoms with Crippen LogP contribution >= 0.6 is 12.2 Å². The van der Waals surface area contributed by atoms with Crippen LogP contribution in [0.1, 0.15) is 31.9 Å². The van der Waals surface area contributed by atoms with E-state index in [1.807, 2.05) is 18.2 Å². The summed E-state index contributed by atoms with van der Waals surface area (Å²) in [5.41, 5.74) is 2.15. The van der Waals surface area contributed by atoms with Crippen LogP contribution in [-0.4, -0.2) is 10.1 Å². The van der Waals surface area contributed by atoms with Crippen molar-refractivity contribution in [2.45, 2.75) is 26.3 Å². The summed E-state index contributed by atoms with van der Waals surface area (Å²) in [6, 6.07) is 14.4. The molecule has 0 aliphatic rings. The fraction of sp³-hybridized carbons (Fsp3) is 0.294. The standard InChI is InChI=1S/C17H21N3S/c1-13(2)11-16(14-7-4-3-5-8-14)20-17(21)19-15-9-6-10-18-12-15/h3-10,12-13,16H,11H2,1-2H3,(H2,19,20,21)/t16-/m1/s1. The minimum absolute atomic E-state index is 0.211. The molecule has 0 radical (unpaired) electrons. The monoisotopic (exact) mass is 299 g/mol. The highest BCUT2D eigenvalue weighted by Gasteiger charge is 2.14. The third-order valence-corrected chi connectivity index (χ3v) is 3.35. The van der Waals surface area contributed by atoms with Gasteiger partial charge in [0.05, 0.1) is 17.9 Å². The number of thiocarbonyl (C=S) groups is 1. The van der Waals surface area contributed by atoms with E-state index in [1.165, 1.54) is 5.56 Å². The first-order chi connectivity index (χ1) is 10.1. The zero-order valence-corrected chi connectivity index (χ0v) is 13.2. The number of nitrogens with zero attached hydrogens (tertiary/aromatic N) is 1. The van der Waals surface area contributed by atoms with Crippen molar-refractivity contribution in [3.8, 4) is 0 Å². The minimum Gasteiger partial charge on any atom is -0.356 e. The highest BCUT2D eigenvalue weighted by molar-refractivity contribution is 7.80. The molecule has 0 saturated heterocycles. The van der Waals surface area contributed by atoms with Crippen LogP contribution in [0.2, 0.25) is 0 Å². The van der Waals surface area contributed by atoms with Crippen molar-refractivity contribution in [3.63, 3.8) is 0 Å². The molecular weight excluding hydrogens is 278 g/mol.